The summed E-state index contributed by atoms with van der Waals surface area (Å²) in [6.07, 6.45) is -2.84. The minimum Gasteiger partial charge on any atom is -0.411 e. The Morgan fingerprint density at radius 1 is 1.35 bits per heavy atom. The van der Waals surface area contributed by atoms with Gasteiger partial charge in [0.05, 0.1) is 11.3 Å². The first-order chi connectivity index (χ1) is 12.3. The molecular weight excluding hydrogens is 375 g/mol. The lowest BCUT2D eigenvalue weighted by molar-refractivity contribution is -0.137. The van der Waals surface area contributed by atoms with Crippen molar-refractivity contribution in [2.75, 3.05) is 0 Å². The SMILES string of the molecule is O=C(N[C@@H]1CC/C(=N\O)C1)c1noc(-c2ccc(C(F)(F)F)cc2)c1Cl. The second kappa shape index (κ2) is 6.99. The Morgan fingerprint density at radius 2 is 2.04 bits per heavy atom. The summed E-state index contributed by atoms with van der Waals surface area (Å²) in [7, 11) is 0. The number of amides is 1. The number of oxime groups is 1. The standard InChI is InChI=1S/C16H13ClF3N3O3/c17-12-13(15(24)21-10-5-6-11(7-10)22-25)23-26-14(12)8-1-3-9(4-2-8)16(18,19)20/h1-4,10,25H,5-7H2,(H,21,24)/b22-11+/t10-/m1/s1. The van der Waals surface area contributed by atoms with Gasteiger partial charge < -0.3 is 15.0 Å². The van der Waals surface area contributed by atoms with Gasteiger partial charge in [-0.1, -0.05) is 34.0 Å². The van der Waals surface area contributed by atoms with Crippen molar-refractivity contribution in [3.63, 3.8) is 0 Å². The third kappa shape index (κ3) is 3.67. The summed E-state index contributed by atoms with van der Waals surface area (Å²) in [5.74, 6) is -0.560. The number of halogens is 4. The number of aromatic nitrogens is 1. The molecule has 0 saturated heterocycles. The molecular formula is C16H13ClF3N3O3. The van der Waals surface area contributed by atoms with E-state index in [-0.39, 0.29) is 28.1 Å². The van der Waals surface area contributed by atoms with Crippen LogP contribution in [0.5, 0.6) is 0 Å². The molecule has 26 heavy (non-hydrogen) atoms. The van der Waals surface area contributed by atoms with Crippen LogP contribution in [0.3, 0.4) is 0 Å². The van der Waals surface area contributed by atoms with Gasteiger partial charge in [-0.3, -0.25) is 4.79 Å². The minimum absolute atomic E-state index is 0.00886. The predicted molar refractivity (Wildman–Crippen MR) is 86.3 cm³/mol. The summed E-state index contributed by atoms with van der Waals surface area (Å²) in [5.41, 5.74) is -0.106. The van der Waals surface area contributed by atoms with E-state index < -0.39 is 17.6 Å². The fraction of sp³-hybridized carbons (Fsp3) is 0.312. The van der Waals surface area contributed by atoms with Crippen LogP contribution >= 0.6 is 11.6 Å². The van der Waals surface area contributed by atoms with Crippen LogP contribution in [0, 0.1) is 0 Å². The number of alkyl halides is 3. The van der Waals surface area contributed by atoms with E-state index in [4.69, 9.17) is 21.3 Å². The van der Waals surface area contributed by atoms with Gasteiger partial charge >= 0.3 is 6.18 Å². The van der Waals surface area contributed by atoms with Gasteiger partial charge in [0, 0.05) is 18.0 Å². The van der Waals surface area contributed by atoms with E-state index in [9.17, 15) is 18.0 Å². The maximum Gasteiger partial charge on any atom is 0.416 e. The topological polar surface area (TPSA) is 87.7 Å². The number of carbonyl (C=O) groups is 1. The van der Waals surface area contributed by atoms with Crippen LogP contribution in [0.25, 0.3) is 11.3 Å². The molecule has 2 N–H and O–H groups in total. The van der Waals surface area contributed by atoms with Crippen molar-refractivity contribution in [3.8, 4) is 11.3 Å². The first kappa shape index (κ1) is 18.2. The van der Waals surface area contributed by atoms with Gasteiger partial charge in [-0.2, -0.15) is 13.2 Å². The number of nitrogens with zero attached hydrogens (tertiary/aromatic N) is 2. The van der Waals surface area contributed by atoms with E-state index in [1.165, 1.54) is 12.1 Å². The first-order valence-corrected chi connectivity index (χ1v) is 8.01. The number of rotatable bonds is 3. The number of carbonyl (C=O) groups excluding carboxylic acids is 1. The predicted octanol–water partition coefficient (Wildman–Crippen LogP) is 4.13. The highest BCUT2D eigenvalue weighted by Crippen LogP contribution is 2.34. The van der Waals surface area contributed by atoms with E-state index in [2.05, 4.69) is 15.6 Å². The van der Waals surface area contributed by atoms with Crippen LogP contribution in [0.1, 0.15) is 35.3 Å². The molecule has 3 rings (SSSR count). The van der Waals surface area contributed by atoms with E-state index >= 15 is 0 Å². The van der Waals surface area contributed by atoms with Gasteiger partial charge in [-0.15, -0.1) is 0 Å². The van der Waals surface area contributed by atoms with Crippen LogP contribution in [-0.4, -0.2) is 28.0 Å². The monoisotopic (exact) mass is 387 g/mol. The summed E-state index contributed by atoms with van der Waals surface area (Å²) >= 11 is 6.12. The maximum atomic E-state index is 12.6. The lowest BCUT2D eigenvalue weighted by Crippen LogP contribution is -2.33. The van der Waals surface area contributed by atoms with Crippen LogP contribution in [0.15, 0.2) is 33.9 Å². The van der Waals surface area contributed by atoms with Gasteiger partial charge in [0.25, 0.3) is 5.91 Å². The summed E-state index contributed by atoms with van der Waals surface area (Å²) < 4.78 is 42.9. The summed E-state index contributed by atoms with van der Waals surface area (Å²) in [6.45, 7) is 0. The number of hydrogen-bond donors (Lipinski definition) is 2. The van der Waals surface area contributed by atoms with Crippen LogP contribution in [-0.2, 0) is 6.18 Å². The highest BCUT2D eigenvalue weighted by atomic mass is 35.5. The highest BCUT2D eigenvalue weighted by molar-refractivity contribution is 6.35. The van der Waals surface area contributed by atoms with Crippen molar-refractivity contribution in [2.24, 2.45) is 5.16 Å². The van der Waals surface area contributed by atoms with Crippen molar-refractivity contribution in [2.45, 2.75) is 31.5 Å². The molecule has 1 amide bonds. The largest absolute Gasteiger partial charge is 0.416 e. The van der Waals surface area contributed by atoms with E-state index in [0.29, 0.717) is 25.0 Å². The minimum atomic E-state index is -4.45. The van der Waals surface area contributed by atoms with Gasteiger partial charge in [-0.05, 0) is 25.0 Å². The van der Waals surface area contributed by atoms with Crippen molar-refractivity contribution >= 4 is 23.2 Å². The molecule has 10 heteroatoms. The van der Waals surface area contributed by atoms with Crippen LogP contribution in [0.2, 0.25) is 5.02 Å². The molecule has 1 aromatic heterocycles. The Hall–Kier alpha value is -2.55. The average Bonchev–Trinajstić information content (AvgIpc) is 3.20. The van der Waals surface area contributed by atoms with E-state index in [1.807, 2.05) is 0 Å². The summed E-state index contributed by atoms with van der Waals surface area (Å²) in [6, 6.07) is 3.95. The fourth-order valence-electron chi connectivity index (χ4n) is 2.71. The number of hydrogen-bond acceptors (Lipinski definition) is 5. The highest BCUT2D eigenvalue weighted by Gasteiger charge is 2.31. The molecule has 1 aliphatic rings. The molecule has 0 spiro atoms. The van der Waals surface area contributed by atoms with Crippen molar-refractivity contribution < 1.29 is 27.7 Å². The van der Waals surface area contributed by atoms with Gasteiger partial charge in [0.1, 0.15) is 5.02 Å². The molecule has 6 nitrogen and oxygen atoms in total. The summed E-state index contributed by atoms with van der Waals surface area (Å²) in [5, 5.41) is 18.1. The Morgan fingerprint density at radius 3 is 2.62 bits per heavy atom. The molecule has 2 aromatic rings. The smallest absolute Gasteiger partial charge is 0.411 e. The fourth-order valence-corrected chi connectivity index (χ4v) is 2.97. The third-order valence-electron chi connectivity index (χ3n) is 4.07. The molecule has 1 heterocycles. The lowest BCUT2D eigenvalue weighted by atomic mass is 10.1. The van der Waals surface area contributed by atoms with Crippen LogP contribution < -0.4 is 5.32 Å². The van der Waals surface area contributed by atoms with Crippen molar-refractivity contribution in [1.82, 2.24) is 10.5 Å². The lowest BCUT2D eigenvalue weighted by Gasteiger charge is -2.09. The first-order valence-electron chi connectivity index (χ1n) is 7.63. The second-order valence-electron chi connectivity index (χ2n) is 5.83. The van der Waals surface area contributed by atoms with E-state index in [0.717, 1.165) is 12.1 Å². The third-order valence-corrected chi connectivity index (χ3v) is 4.42. The zero-order chi connectivity index (χ0) is 18.9. The summed E-state index contributed by atoms with van der Waals surface area (Å²) in [4.78, 5) is 12.3. The molecule has 1 aromatic carbocycles. The molecule has 138 valence electrons. The molecule has 0 unspecified atom stereocenters. The molecule has 0 aliphatic heterocycles. The number of nitrogens with one attached hydrogen (secondary N) is 1. The Balaban J connectivity index is 1.76. The molecule has 1 fully saturated rings. The molecule has 0 bridgehead atoms. The quantitative estimate of drug-likeness (QED) is 0.612. The van der Waals surface area contributed by atoms with Crippen molar-refractivity contribution in [3.05, 3.63) is 40.5 Å². The maximum absolute atomic E-state index is 12.6. The zero-order valence-corrected chi connectivity index (χ0v) is 13.9. The Bertz CT molecular complexity index is 847. The molecule has 0 radical (unpaired) electrons. The van der Waals surface area contributed by atoms with Crippen molar-refractivity contribution in [1.29, 1.82) is 0 Å². The van der Waals surface area contributed by atoms with Crippen LogP contribution in [0.4, 0.5) is 13.2 Å². The average molecular weight is 388 g/mol. The van der Waals surface area contributed by atoms with Gasteiger partial charge in [0.2, 0.25) is 0 Å². The second-order valence-corrected chi connectivity index (χ2v) is 6.21. The zero-order valence-electron chi connectivity index (χ0n) is 13.2. The van der Waals surface area contributed by atoms with Gasteiger partial charge in [-0.25, -0.2) is 0 Å². The molecule has 1 saturated carbocycles. The normalized spacial score (nSPS) is 19.1. The number of benzene rings is 1. The Kier molecular flexibility index (Phi) is 4.90. The Labute approximate surface area is 150 Å². The molecule has 1 atom stereocenters. The van der Waals surface area contributed by atoms with Gasteiger partial charge in [0.15, 0.2) is 11.5 Å². The molecule has 1 aliphatic carbocycles. The van der Waals surface area contributed by atoms with E-state index in [1.54, 1.807) is 0 Å².